The van der Waals surface area contributed by atoms with E-state index < -0.39 is 16.0 Å². The third-order valence-electron chi connectivity index (χ3n) is 3.31. The Bertz CT molecular complexity index is 614. The molecule has 0 aromatic carbocycles. The minimum absolute atomic E-state index is 0.0825. The second-order valence-corrected chi connectivity index (χ2v) is 8.48. The van der Waals surface area contributed by atoms with Crippen molar-refractivity contribution in [3.05, 3.63) is 17.6 Å². The van der Waals surface area contributed by atoms with Gasteiger partial charge in [0.05, 0.1) is 0 Å². The zero-order valence-corrected chi connectivity index (χ0v) is 12.9. The van der Waals surface area contributed by atoms with Crippen molar-refractivity contribution in [3.63, 3.8) is 0 Å². The Kier molecular flexibility index (Phi) is 4.17. The van der Waals surface area contributed by atoms with E-state index in [1.807, 2.05) is 6.92 Å². The van der Waals surface area contributed by atoms with Gasteiger partial charge in [0.15, 0.2) is 0 Å². The fourth-order valence-electron chi connectivity index (χ4n) is 2.14. The number of nitrogens with one attached hydrogen (secondary N) is 1. The molecule has 1 aromatic rings. The predicted octanol–water partition coefficient (Wildman–Crippen LogP) is 1.85. The number of sulfonamides is 1. The second kappa shape index (κ2) is 5.42. The number of aromatic carboxylic acids is 1. The summed E-state index contributed by atoms with van der Waals surface area (Å²) in [5, 5.41) is 8.82. The van der Waals surface area contributed by atoms with Crippen LogP contribution in [-0.4, -0.2) is 36.5 Å². The number of carboxylic acid groups (broad SMARTS) is 1. The molecule has 0 bridgehead atoms. The van der Waals surface area contributed by atoms with Crippen molar-refractivity contribution in [2.24, 2.45) is 0 Å². The highest BCUT2D eigenvalue weighted by Gasteiger charge is 2.32. The standard InChI is InChI=1S/C12H17NO5S2/c1-8-10(6-9(18-8)11(14)15)20(16,17)13-7-12(2)4-3-5-19-12/h6,13H,3-5,7H2,1-2H3,(H,14,15). The molecular weight excluding hydrogens is 302 g/mol. The molecule has 0 aliphatic carbocycles. The topological polar surface area (TPSA) is 96.6 Å². The van der Waals surface area contributed by atoms with Crippen LogP contribution in [0.1, 0.15) is 36.1 Å². The summed E-state index contributed by atoms with van der Waals surface area (Å²) in [6.45, 7) is 3.79. The van der Waals surface area contributed by atoms with Gasteiger partial charge in [-0.05, 0) is 32.4 Å². The van der Waals surface area contributed by atoms with Crippen LogP contribution >= 0.6 is 11.8 Å². The highest BCUT2D eigenvalue weighted by Crippen LogP contribution is 2.37. The minimum atomic E-state index is -3.75. The number of furan rings is 1. The lowest BCUT2D eigenvalue weighted by molar-refractivity contribution is 0.0661. The van der Waals surface area contributed by atoms with E-state index in [2.05, 4.69) is 4.72 Å². The molecule has 1 aromatic heterocycles. The normalized spacial score (nSPS) is 23.1. The third kappa shape index (κ3) is 3.18. The molecule has 8 heteroatoms. The first-order chi connectivity index (χ1) is 9.23. The first kappa shape index (κ1) is 15.4. The molecule has 0 radical (unpaired) electrons. The minimum Gasteiger partial charge on any atom is -0.475 e. The lowest BCUT2D eigenvalue weighted by atomic mass is 10.1. The van der Waals surface area contributed by atoms with Crippen molar-refractivity contribution in [3.8, 4) is 0 Å². The number of hydrogen-bond acceptors (Lipinski definition) is 5. The molecule has 1 unspecified atom stereocenters. The fourth-order valence-corrected chi connectivity index (χ4v) is 4.82. The number of hydrogen-bond donors (Lipinski definition) is 2. The molecule has 2 rings (SSSR count). The van der Waals surface area contributed by atoms with Crippen LogP contribution in [-0.2, 0) is 10.0 Å². The van der Waals surface area contributed by atoms with Crippen LogP contribution < -0.4 is 4.72 Å². The van der Waals surface area contributed by atoms with Gasteiger partial charge in [-0.1, -0.05) is 0 Å². The maximum absolute atomic E-state index is 12.2. The maximum atomic E-state index is 12.2. The zero-order valence-electron chi connectivity index (χ0n) is 11.3. The lowest BCUT2D eigenvalue weighted by Crippen LogP contribution is -2.36. The molecule has 2 N–H and O–H groups in total. The van der Waals surface area contributed by atoms with Gasteiger partial charge in [-0.2, -0.15) is 11.8 Å². The average Bonchev–Trinajstić information content (AvgIpc) is 2.94. The Labute approximate surface area is 122 Å². The molecule has 0 spiro atoms. The van der Waals surface area contributed by atoms with Crippen molar-refractivity contribution in [2.45, 2.75) is 36.3 Å². The van der Waals surface area contributed by atoms with Gasteiger partial charge in [0, 0.05) is 17.4 Å². The molecule has 1 fully saturated rings. The summed E-state index contributed by atoms with van der Waals surface area (Å²) in [5.41, 5.74) is 0. The molecule has 0 saturated carbocycles. The summed E-state index contributed by atoms with van der Waals surface area (Å²) in [6, 6.07) is 1.05. The van der Waals surface area contributed by atoms with Crippen molar-refractivity contribution in [2.75, 3.05) is 12.3 Å². The Balaban J connectivity index is 2.16. The van der Waals surface area contributed by atoms with E-state index in [9.17, 15) is 13.2 Å². The summed E-state index contributed by atoms with van der Waals surface area (Å²) in [4.78, 5) is 10.7. The van der Waals surface area contributed by atoms with Crippen molar-refractivity contribution in [1.29, 1.82) is 0 Å². The Morgan fingerprint density at radius 1 is 1.60 bits per heavy atom. The molecule has 0 amide bonds. The summed E-state index contributed by atoms with van der Waals surface area (Å²) in [7, 11) is -3.75. The van der Waals surface area contributed by atoms with Gasteiger partial charge in [0.1, 0.15) is 10.7 Å². The first-order valence-electron chi connectivity index (χ1n) is 6.21. The van der Waals surface area contributed by atoms with Gasteiger partial charge < -0.3 is 9.52 Å². The second-order valence-electron chi connectivity index (χ2n) is 5.06. The predicted molar refractivity (Wildman–Crippen MR) is 75.7 cm³/mol. The van der Waals surface area contributed by atoms with Crippen LogP contribution in [0.15, 0.2) is 15.4 Å². The first-order valence-corrected chi connectivity index (χ1v) is 8.68. The van der Waals surface area contributed by atoms with E-state index in [0.717, 1.165) is 24.7 Å². The maximum Gasteiger partial charge on any atom is 0.371 e. The number of carbonyl (C=O) groups is 1. The summed E-state index contributed by atoms with van der Waals surface area (Å²) >= 11 is 1.75. The molecule has 1 atom stereocenters. The average molecular weight is 319 g/mol. The molecule has 1 aliphatic heterocycles. The van der Waals surface area contributed by atoms with Gasteiger partial charge in [-0.3, -0.25) is 0 Å². The lowest BCUT2D eigenvalue weighted by Gasteiger charge is -2.22. The van der Waals surface area contributed by atoms with E-state index in [-0.39, 0.29) is 21.2 Å². The van der Waals surface area contributed by atoms with Crippen LogP contribution in [0.2, 0.25) is 0 Å². The molecule has 2 heterocycles. The van der Waals surface area contributed by atoms with E-state index in [0.29, 0.717) is 6.54 Å². The number of thioether (sulfide) groups is 1. The number of aryl methyl sites for hydroxylation is 1. The molecule has 112 valence electrons. The van der Waals surface area contributed by atoms with Crippen molar-refractivity contribution < 1.29 is 22.7 Å². The van der Waals surface area contributed by atoms with Gasteiger partial charge in [0.25, 0.3) is 0 Å². The largest absolute Gasteiger partial charge is 0.475 e. The van der Waals surface area contributed by atoms with Crippen LogP contribution in [0.3, 0.4) is 0 Å². The van der Waals surface area contributed by atoms with Crippen LogP contribution in [0.4, 0.5) is 0 Å². The highest BCUT2D eigenvalue weighted by molar-refractivity contribution is 8.01. The molecule has 1 aliphatic rings. The van der Waals surface area contributed by atoms with E-state index in [1.54, 1.807) is 11.8 Å². The fraction of sp³-hybridized carbons (Fsp3) is 0.583. The van der Waals surface area contributed by atoms with E-state index >= 15 is 0 Å². The van der Waals surface area contributed by atoms with Gasteiger partial charge >= 0.3 is 5.97 Å². The van der Waals surface area contributed by atoms with Gasteiger partial charge in [0.2, 0.25) is 15.8 Å². The van der Waals surface area contributed by atoms with Crippen LogP contribution in [0.5, 0.6) is 0 Å². The smallest absolute Gasteiger partial charge is 0.371 e. The van der Waals surface area contributed by atoms with Crippen molar-refractivity contribution >= 4 is 27.8 Å². The summed E-state index contributed by atoms with van der Waals surface area (Å²) < 4.78 is 31.8. The van der Waals surface area contributed by atoms with Gasteiger partial charge in [-0.25, -0.2) is 17.9 Å². The number of rotatable bonds is 5. The molecular formula is C12H17NO5S2. The van der Waals surface area contributed by atoms with E-state index in [1.165, 1.54) is 6.92 Å². The quantitative estimate of drug-likeness (QED) is 0.860. The summed E-state index contributed by atoms with van der Waals surface area (Å²) in [6.07, 6.45) is 2.04. The number of carboxylic acids is 1. The third-order valence-corrected chi connectivity index (χ3v) is 6.36. The SMILES string of the molecule is Cc1oc(C(=O)O)cc1S(=O)(=O)NCC1(C)CCCS1. The molecule has 6 nitrogen and oxygen atoms in total. The molecule has 1 saturated heterocycles. The monoisotopic (exact) mass is 319 g/mol. The highest BCUT2D eigenvalue weighted by atomic mass is 32.2. The Hall–Kier alpha value is -0.990. The zero-order chi connectivity index (χ0) is 15.0. The van der Waals surface area contributed by atoms with E-state index in [4.69, 9.17) is 9.52 Å². The van der Waals surface area contributed by atoms with Crippen molar-refractivity contribution in [1.82, 2.24) is 4.72 Å². The Morgan fingerprint density at radius 3 is 2.80 bits per heavy atom. The van der Waals surface area contributed by atoms with Crippen LogP contribution in [0, 0.1) is 6.92 Å². The summed E-state index contributed by atoms with van der Waals surface area (Å²) in [5.74, 6) is -0.539. The molecule has 20 heavy (non-hydrogen) atoms. The van der Waals surface area contributed by atoms with Crippen LogP contribution in [0.25, 0.3) is 0 Å². The Morgan fingerprint density at radius 2 is 2.30 bits per heavy atom. The van der Waals surface area contributed by atoms with Gasteiger partial charge in [-0.15, -0.1) is 0 Å².